The van der Waals surface area contributed by atoms with Crippen molar-refractivity contribution in [1.29, 1.82) is 0 Å². The summed E-state index contributed by atoms with van der Waals surface area (Å²) in [5.41, 5.74) is 0.300. The minimum Gasteiger partial charge on any atom is -0.381 e. The van der Waals surface area contributed by atoms with Crippen molar-refractivity contribution in [3.8, 4) is 0 Å². The van der Waals surface area contributed by atoms with Gasteiger partial charge in [0.2, 0.25) is 0 Å². The van der Waals surface area contributed by atoms with Crippen molar-refractivity contribution >= 4 is 0 Å². The van der Waals surface area contributed by atoms with Gasteiger partial charge in [-0.1, -0.05) is 13.8 Å². The molecule has 2 aliphatic rings. The molecular formula is C17H35N3O. The normalized spacial score (nSPS) is 31.4. The molecular weight excluding hydrogens is 262 g/mol. The molecule has 2 heterocycles. The van der Waals surface area contributed by atoms with E-state index in [1.165, 1.54) is 38.8 Å². The summed E-state index contributed by atoms with van der Waals surface area (Å²) < 4.78 is 5.83. The van der Waals surface area contributed by atoms with Crippen molar-refractivity contribution in [3.63, 3.8) is 0 Å². The summed E-state index contributed by atoms with van der Waals surface area (Å²) >= 11 is 0. The van der Waals surface area contributed by atoms with Crippen LogP contribution in [0.25, 0.3) is 0 Å². The van der Waals surface area contributed by atoms with Crippen LogP contribution in [0.2, 0.25) is 0 Å². The van der Waals surface area contributed by atoms with Crippen LogP contribution in [0.15, 0.2) is 0 Å². The molecule has 0 aromatic heterocycles. The summed E-state index contributed by atoms with van der Waals surface area (Å²) in [5, 5.41) is 3.65. The van der Waals surface area contributed by atoms with Crippen LogP contribution >= 0.6 is 0 Å². The summed E-state index contributed by atoms with van der Waals surface area (Å²) in [6, 6.07) is 1.30. The van der Waals surface area contributed by atoms with Gasteiger partial charge in [0.1, 0.15) is 0 Å². The Labute approximate surface area is 131 Å². The lowest BCUT2D eigenvalue weighted by atomic mass is 9.81. The Morgan fingerprint density at radius 3 is 2.76 bits per heavy atom. The van der Waals surface area contributed by atoms with Gasteiger partial charge in [-0.3, -0.25) is 0 Å². The van der Waals surface area contributed by atoms with Crippen LogP contribution in [0, 0.1) is 5.41 Å². The van der Waals surface area contributed by atoms with Gasteiger partial charge in [0.25, 0.3) is 0 Å². The van der Waals surface area contributed by atoms with E-state index in [2.05, 4.69) is 43.1 Å². The van der Waals surface area contributed by atoms with Gasteiger partial charge in [-0.25, -0.2) is 0 Å². The van der Waals surface area contributed by atoms with Crippen molar-refractivity contribution in [2.45, 2.75) is 51.6 Å². The van der Waals surface area contributed by atoms with Gasteiger partial charge in [0, 0.05) is 43.7 Å². The van der Waals surface area contributed by atoms with Gasteiger partial charge < -0.3 is 19.9 Å². The molecule has 0 bridgehead atoms. The van der Waals surface area contributed by atoms with E-state index >= 15 is 0 Å². The molecule has 0 aromatic rings. The minimum absolute atomic E-state index is 0.300. The quantitative estimate of drug-likeness (QED) is 0.775. The molecule has 2 aliphatic heterocycles. The number of hydrogen-bond donors (Lipinski definition) is 1. The molecule has 2 unspecified atom stereocenters. The molecule has 2 fully saturated rings. The number of likely N-dealkylation sites (N-methyl/N-ethyl adjacent to an activating group) is 2. The lowest BCUT2D eigenvalue weighted by Crippen LogP contribution is -2.51. The van der Waals surface area contributed by atoms with Crippen molar-refractivity contribution in [2.75, 3.05) is 53.5 Å². The van der Waals surface area contributed by atoms with Gasteiger partial charge in [-0.15, -0.1) is 0 Å². The van der Waals surface area contributed by atoms with E-state index in [1.54, 1.807) is 0 Å². The Morgan fingerprint density at radius 2 is 2.19 bits per heavy atom. The first-order valence-corrected chi connectivity index (χ1v) is 8.71. The summed E-state index contributed by atoms with van der Waals surface area (Å²) in [4.78, 5) is 5.07. The number of nitrogens with zero attached hydrogens (tertiary/aromatic N) is 2. The van der Waals surface area contributed by atoms with Crippen molar-refractivity contribution in [3.05, 3.63) is 0 Å². The second kappa shape index (κ2) is 7.91. The SMILES string of the molecule is CC(C)NCC1(CN(C)CC2CCCN2C)CCCOC1. The van der Waals surface area contributed by atoms with Gasteiger partial charge in [0.15, 0.2) is 0 Å². The fourth-order valence-corrected chi connectivity index (χ4v) is 3.86. The monoisotopic (exact) mass is 297 g/mol. The second-order valence-electron chi connectivity index (χ2n) is 7.67. The van der Waals surface area contributed by atoms with Crippen LogP contribution in [0.4, 0.5) is 0 Å². The molecule has 0 spiro atoms. The van der Waals surface area contributed by atoms with E-state index in [0.717, 1.165) is 32.3 Å². The maximum atomic E-state index is 5.83. The third kappa shape index (κ3) is 5.20. The van der Waals surface area contributed by atoms with Gasteiger partial charge in [-0.05, 0) is 46.3 Å². The van der Waals surface area contributed by atoms with E-state index < -0.39 is 0 Å². The van der Waals surface area contributed by atoms with E-state index in [-0.39, 0.29) is 0 Å². The van der Waals surface area contributed by atoms with E-state index in [9.17, 15) is 0 Å². The maximum Gasteiger partial charge on any atom is 0.0546 e. The number of likely N-dealkylation sites (tertiary alicyclic amines) is 1. The van der Waals surface area contributed by atoms with Crippen LogP contribution < -0.4 is 5.32 Å². The fraction of sp³-hybridized carbons (Fsp3) is 1.00. The molecule has 0 amide bonds. The standard InChI is InChI=1S/C17H35N3O/c1-15(2)18-12-17(8-6-10-21-14-17)13-19(3)11-16-7-5-9-20(16)4/h15-16,18H,5-14H2,1-4H3. The predicted octanol–water partition coefficient (Wildman–Crippen LogP) is 1.81. The highest BCUT2D eigenvalue weighted by Crippen LogP contribution is 2.29. The van der Waals surface area contributed by atoms with Gasteiger partial charge in [0.05, 0.1) is 6.61 Å². The fourth-order valence-electron chi connectivity index (χ4n) is 3.86. The number of hydrogen-bond acceptors (Lipinski definition) is 4. The first kappa shape index (κ1) is 17.2. The smallest absolute Gasteiger partial charge is 0.0546 e. The molecule has 2 rings (SSSR count). The first-order valence-electron chi connectivity index (χ1n) is 8.71. The van der Waals surface area contributed by atoms with Crippen molar-refractivity contribution in [2.24, 2.45) is 5.41 Å². The average molecular weight is 297 g/mol. The summed E-state index contributed by atoms with van der Waals surface area (Å²) in [6.07, 6.45) is 5.21. The molecule has 1 N–H and O–H groups in total. The molecule has 21 heavy (non-hydrogen) atoms. The van der Waals surface area contributed by atoms with E-state index in [4.69, 9.17) is 4.74 Å². The summed E-state index contributed by atoms with van der Waals surface area (Å²) in [6.45, 7) is 11.0. The molecule has 4 nitrogen and oxygen atoms in total. The largest absolute Gasteiger partial charge is 0.381 e. The molecule has 124 valence electrons. The van der Waals surface area contributed by atoms with Crippen molar-refractivity contribution in [1.82, 2.24) is 15.1 Å². The predicted molar refractivity (Wildman–Crippen MR) is 88.8 cm³/mol. The Balaban J connectivity index is 1.87. The maximum absolute atomic E-state index is 5.83. The molecule has 0 aliphatic carbocycles. The van der Waals surface area contributed by atoms with E-state index in [1.807, 2.05) is 0 Å². The molecule has 0 radical (unpaired) electrons. The third-order valence-corrected chi connectivity index (χ3v) is 5.09. The number of nitrogens with one attached hydrogen (secondary N) is 1. The number of ether oxygens (including phenoxy) is 1. The zero-order chi connectivity index (χ0) is 15.3. The molecule has 0 saturated carbocycles. The summed E-state index contributed by atoms with van der Waals surface area (Å²) in [5.74, 6) is 0. The van der Waals surface area contributed by atoms with Crippen molar-refractivity contribution < 1.29 is 4.74 Å². The average Bonchev–Trinajstić information content (AvgIpc) is 2.83. The van der Waals surface area contributed by atoms with Crippen LogP contribution in [0.5, 0.6) is 0 Å². The van der Waals surface area contributed by atoms with Crippen LogP contribution in [0.1, 0.15) is 39.5 Å². The topological polar surface area (TPSA) is 27.7 Å². The van der Waals surface area contributed by atoms with Crippen LogP contribution in [-0.2, 0) is 4.74 Å². The van der Waals surface area contributed by atoms with Crippen LogP contribution in [-0.4, -0.2) is 75.4 Å². The summed E-state index contributed by atoms with van der Waals surface area (Å²) in [7, 11) is 4.56. The minimum atomic E-state index is 0.300. The zero-order valence-corrected chi connectivity index (χ0v) is 14.5. The Hall–Kier alpha value is -0.160. The highest BCUT2D eigenvalue weighted by Gasteiger charge is 2.35. The Kier molecular flexibility index (Phi) is 6.48. The third-order valence-electron chi connectivity index (χ3n) is 5.09. The van der Waals surface area contributed by atoms with Gasteiger partial charge >= 0.3 is 0 Å². The molecule has 2 saturated heterocycles. The second-order valence-corrected chi connectivity index (χ2v) is 7.67. The Morgan fingerprint density at radius 1 is 1.38 bits per heavy atom. The van der Waals surface area contributed by atoms with Gasteiger partial charge in [-0.2, -0.15) is 0 Å². The van der Waals surface area contributed by atoms with Crippen LogP contribution in [0.3, 0.4) is 0 Å². The lowest BCUT2D eigenvalue weighted by molar-refractivity contribution is -0.0254. The lowest BCUT2D eigenvalue weighted by Gasteiger charge is -2.41. The first-order chi connectivity index (χ1) is 10.0. The molecule has 0 aromatic carbocycles. The highest BCUT2D eigenvalue weighted by atomic mass is 16.5. The number of rotatable bonds is 7. The van der Waals surface area contributed by atoms with E-state index in [0.29, 0.717) is 11.5 Å². The molecule has 4 heteroatoms. The zero-order valence-electron chi connectivity index (χ0n) is 14.5. The highest BCUT2D eigenvalue weighted by molar-refractivity contribution is 4.89. The molecule has 2 atom stereocenters. The Bertz CT molecular complexity index is 302.